The van der Waals surface area contributed by atoms with E-state index >= 15 is 0 Å². The number of rotatable bonds is 9. The fourth-order valence-electron chi connectivity index (χ4n) is 5.97. The first-order valence-electron chi connectivity index (χ1n) is 13.7. The third kappa shape index (κ3) is 6.05. The minimum absolute atomic E-state index is 0.254. The van der Waals surface area contributed by atoms with Crippen LogP contribution in [0.15, 0.2) is 91.0 Å². The summed E-state index contributed by atoms with van der Waals surface area (Å²) in [5, 5.41) is 0. The number of benzene rings is 3. The molecule has 3 aromatic carbocycles. The van der Waals surface area contributed by atoms with Crippen LogP contribution in [0.5, 0.6) is 0 Å². The monoisotopic (exact) mass is 481 g/mol. The zero-order valence-corrected chi connectivity index (χ0v) is 21.3. The van der Waals surface area contributed by atoms with Gasteiger partial charge >= 0.3 is 0 Å². The molecule has 0 aromatic heterocycles. The number of likely N-dealkylation sites (tertiary alicyclic amines) is 1. The standard InChI is InChI=1S/C32H39N3O/c36-31-20-12-19-30(27-13-4-1-5-14-27)35(31)22-11-10-21-33-23-25-34(26-24-33)32(28-15-6-2-7-16-28)29-17-8-3-9-18-29/h1-9,13-18,30,32H,10-12,19-26H2. The SMILES string of the molecule is O=C1CCCC(c2ccccc2)N1CCCCN1CCN(C(c2ccccc2)c2ccccc2)CC1. The van der Waals surface area contributed by atoms with Crippen molar-refractivity contribution < 1.29 is 4.79 Å². The van der Waals surface area contributed by atoms with E-state index in [1.54, 1.807) is 0 Å². The second-order valence-corrected chi connectivity index (χ2v) is 10.2. The van der Waals surface area contributed by atoms with Crippen molar-refractivity contribution in [3.63, 3.8) is 0 Å². The van der Waals surface area contributed by atoms with Crippen molar-refractivity contribution in [1.29, 1.82) is 0 Å². The van der Waals surface area contributed by atoms with Crippen LogP contribution < -0.4 is 0 Å². The van der Waals surface area contributed by atoms with Crippen LogP contribution in [-0.2, 0) is 4.79 Å². The Bertz CT molecular complexity index is 1020. The fraction of sp³-hybridized carbons (Fsp3) is 0.406. The van der Waals surface area contributed by atoms with Crippen LogP contribution in [-0.4, -0.2) is 59.9 Å². The van der Waals surface area contributed by atoms with Crippen molar-refractivity contribution in [2.75, 3.05) is 39.3 Å². The third-order valence-corrected chi connectivity index (χ3v) is 7.88. The molecule has 0 aliphatic carbocycles. The number of hydrogen-bond donors (Lipinski definition) is 0. The number of piperazine rings is 1. The summed E-state index contributed by atoms with van der Waals surface area (Å²) >= 11 is 0. The molecule has 4 heteroatoms. The lowest BCUT2D eigenvalue weighted by molar-refractivity contribution is -0.136. The van der Waals surface area contributed by atoms with Gasteiger partial charge in [0.2, 0.25) is 5.91 Å². The predicted molar refractivity (Wildman–Crippen MR) is 147 cm³/mol. The minimum atomic E-state index is 0.254. The van der Waals surface area contributed by atoms with Gasteiger partial charge in [-0.15, -0.1) is 0 Å². The maximum Gasteiger partial charge on any atom is 0.223 e. The molecule has 3 aromatic rings. The van der Waals surface area contributed by atoms with Gasteiger partial charge in [0.1, 0.15) is 0 Å². The lowest BCUT2D eigenvalue weighted by Gasteiger charge is -2.40. The molecule has 5 rings (SSSR count). The van der Waals surface area contributed by atoms with E-state index in [1.165, 1.54) is 16.7 Å². The molecule has 2 aliphatic heterocycles. The molecular weight excluding hydrogens is 442 g/mol. The van der Waals surface area contributed by atoms with Gasteiger partial charge in [-0.25, -0.2) is 0 Å². The zero-order chi connectivity index (χ0) is 24.6. The highest BCUT2D eigenvalue weighted by Gasteiger charge is 2.29. The molecule has 1 amide bonds. The summed E-state index contributed by atoms with van der Waals surface area (Å²) in [5.41, 5.74) is 4.03. The molecule has 4 nitrogen and oxygen atoms in total. The number of unbranched alkanes of at least 4 members (excludes halogenated alkanes) is 1. The van der Waals surface area contributed by atoms with Gasteiger partial charge in [0, 0.05) is 39.1 Å². The number of carbonyl (C=O) groups is 1. The van der Waals surface area contributed by atoms with Crippen LogP contribution in [0, 0.1) is 0 Å². The van der Waals surface area contributed by atoms with E-state index in [0.717, 1.165) is 65.0 Å². The molecule has 0 saturated carbocycles. The Morgan fingerprint density at radius 2 is 1.25 bits per heavy atom. The lowest BCUT2D eigenvalue weighted by Crippen LogP contribution is -2.48. The summed E-state index contributed by atoms with van der Waals surface area (Å²) in [7, 11) is 0. The van der Waals surface area contributed by atoms with Gasteiger partial charge in [-0.05, 0) is 48.9 Å². The molecule has 2 saturated heterocycles. The molecular formula is C32H39N3O. The molecule has 188 valence electrons. The Labute approximate surface area is 216 Å². The van der Waals surface area contributed by atoms with Crippen molar-refractivity contribution in [2.24, 2.45) is 0 Å². The highest BCUT2D eigenvalue weighted by Crippen LogP contribution is 2.32. The Balaban J connectivity index is 1.12. The smallest absolute Gasteiger partial charge is 0.223 e. The maximum atomic E-state index is 12.7. The van der Waals surface area contributed by atoms with Crippen molar-refractivity contribution in [1.82, 2.24) is 14.7 Å². The van der Waals surface area contributed by atoms with E-state index < -0.39 is 0 Å². The van der Waals surface area contributed by atoms with Crippen LogP contribution in [0.3, 0.4) is 0 Å². The maximum absolute atomic E-state index is 12.7. The summed E-state index contributed by atoms with van der Waals surface area (Å²) < 4.78 is 0. The molecule has 0 spiro atoms. The normalized spacial score (nSPS) is 19.6. The molecule has 1 unspecified atom stereocenters. The van der Waals surface area contributed by atoms with Crippen LogP contribution in [0.2, 0.25) is 0 Å². The first-order valence-corrected chi connectivity index (χ1v) is 13.7. The van der Waals surface area contributed by atoms with Crippen LogP contribution in [0.1, 0.15) is 60.9 Å². The summed E-state index contributed by atoms with van der Waals surface area (Å²) in [5.74, 6) is 0.330. The molecule has 36 heavy (non-hydrogen) atoms. The van der Waals surface area contributed by atoms with E-state index in [2.05, 4.69) is 106 Å². The van der Waals surface area contributed by atoms with E-state index in [4.69, 9.17) is 0 Å². The molecule has 0 bridgehead atoms. The van der Waals surface area contributed by atoms with Gasteiger partial charge in [0.15, 0.2) is 0 Å². The minimum Gasteiger partial charge on any atom is -0.336 e. The first-order chi connectivity index (χ1) is 17.8. The highest BCUT2D eigenvalue weighted by molar-refractivity contribution is 5.77. The summed E-state index contributed by atoms with van der Waals surface area (Å²) in [6.45, 7) is 6.36. The van der Waals surface area contributed by atoms with E-state index in [9.17, 15) is 4.79 Å². The highest BCUT2D eigenvalue weighted by atomic mass is 16.2. The second kappa shape index (κ2) is 12.3. The molecule has 2 aliphatic rings. The number of carbonyl (C=O) groups excluding carboxylic acids is 1. The van der Waals surface area contributed by atoms with Gasteiger partial charge in [0.25, 0.3) is 0 Å². The Morgan fingerprint density at radius 1 is 0.694 bits per heavy atom. The lowest BCUT2D eigenvalue weighted by atomic mass is 9.94. The van der Waals surface area contributed by atoms with Gasteiger partial charge in [0.05, 0.1) is 12.1 Å². The average Bonchev–Trinajstić information content (AvgIpc) is 2.94. The number of piperidine rings is 1. The van der Waals surface area contributed by atoms with Crippen molar-refractivity contribution in [3.8, 4) is 0 Å². The summed E-state index contributed by atoms with van der Waals surface area (Å²) in [6.07, 6.45) is 5.02. The van der Waals surface area contributed by atoms with Gasteiger partial charge in [-0.1, -0.05) is 91.0 Å². The van der Waals surface area contributed by atoms with Crippen molar-refractivity contribution in [3.05, 3.63) is 108 Å². The van der Waals surface area contributed by atoms with Crippen LogP contribution in [0.4, 0.5) is 0 Å². The van der Waals surface area contributed by atoms with E-state index in [0.29, 0.717) is 18.4 Å². The zero-order valence-electron chi connectivity index (χ0n) is 21.3. The Morgan fingerprint density at radius 3 is 1.86 bits per heavy atom. The molecule has 1 atom stereocenters. The quantitative estimate of drug-likeness (QED) is 0.355. The number of amides is 1. The fourth-order valence-corrected chi connectivity index (χ4v) is 5.97. The topological polar surface area (TPSA) is 26.8 Å². The van der Waals surface area contributed by atoms with Crippen LogP contribution in [0.25, 0.3) is 0 Å². The van der Waals surface area contributed by atoms with Crippen LogP contribution >= 0.6 is 0 Å². The van der Waals surface area contributed by atoms with E-state index in [-0.39, 0.29) is 6.04 Å². The van der Waals surface area contributed by atoms with Crippen molar-refractivity contribution >= 4 is 5.91 Å². The average molecular weight is 482 g/mol. The Hall–Kier alpha value is -2.95. The molecule has 2 fully saturated rings. The Kier molecular flexibility index (Phi) is 8.47. The van der Waals surface area contributed by atoms with Gasteiger partial charge in [-0.2, -0.15) is 0 Å². The largest absolute Gasteiger partial charge is 0.336 e. The summed E-state index contributed by atoms with van der Waals surface area (Å²) in [4.78, 5) is 20.1. The third-order valence-electron chi connectivity index (χ3n) is 7.88. The summed E-state index contributed by atoms with van der Waals surface area (Å²) in [6, 6.07) is 33.0. The van der Waals surface area contributed by atoms with Gasteiger partial charge in [-0.3, -0.25) is 9.69 Å². The van der Waals surface area contributed by atoms with Crippen molar-refractivity contribution in [2.45, 2.75) is 44.2 Å². The molecule has 0 N–H and O–H groups in total. The predicted octanol–water partition coefficient (Wildman–Crippen LogP) is 5.93. The number of hydrogen-bond acceptors (Lipinski definition) is 3. The number of nitrogens with zero attached hydrogens (tertiary/aromatic N) is 3. The molecule has 0 radical (unpaired) electrons. The molecule has 2 heterocycles. The first kappa shape index (κ1) is 24.7. The second-order valence-electron chi connectivity index (χ2n) is 10.2. The van der Waals surface area contributed by atoms with Gasteiger partial charge < -0.3 is 9.80 Å². The van der Waals surface area contributed by atoms with E-state index in [1.807, 2.05) is 0 Å².